The summed E-state index contributed by atoms with van der Waals surface area (Å²) in [6.45, 7) is 0.737. The Balaban J connectivity index is 1.59. The fourth-order valence-electron chi connectivity index (χ4n) is 3.96. The first kappa shape index (κ1) is 24.6. The second-order valence-electron chi connectivity index (χ2n) is 8.01. The van der Waals surface area contributed by atoms with Crippen LogP contribution < -0.4 is 0 Å². The second-order valence-corrected chi connectivity index (χ2v) is 10.9. The van der Waals surface area contributed by atoms with E-state index in [2.05, 4.69) is 4.99 Å². The SMILES string of the molecule is C[C@]1(C=NCC(=O)CCCC(=O)c2ccc(O)c(O)c2Cl)[C@H](C(=O)O)N2C(=O)C[C@H]2S1(=O)=O. The van der Waals surface area contributed by atoms with E-state index in [-0.39, 0.29) is 36.3 Å². The van der Waals surface area contributed by atoms with Gasteiger partial charge in [0.15, 0.2) is 38.9 Å². The molecule has 1 aromatic carbocycles. The summed E-state index contributed by atoms with van der Waals surface area (Å²) in [6, 6.07) is 0.741. The van der Waals surface area contributed by atoms with Crippen LogP contribution >= 0.6 is 11.6 Å². The van der Waals surface area contributed by atoms with Crippen molar-refractivity contribution in [3.05, 3.63) is 22.7 Å². The number of Topliss-reactive ketones (excluding diaryl/α,β-unsaturated/α-hetero) is 2. The molecular formula is C20H21ClN2O9S. The number of amides is 1. The first-order valence-electron chi connectivity index (χ1n) is 9.86. The van der Waals surface area contributed by atoms with E-state index in [0.29, 0.717) is 0 Å². The van der Waals surface area contributed by atoms with Crippen LogP contribution in [-0.4, -0.2) is 81.0 Å². The number of phenolic OH excluding ortho intramolecular Hbond substituents is 2. The lowest BCUT2D eigenvalue weighted by molar-refractivity contribution is -0.156. The molecule has 0 bridgehead atoms. The van der Waals surface area contributed by atoms with Crippen molar-refractivity contribution in [2.24, 2.45) is 4.99 Å². The third-order valence-corrected chi connectivity index (χ3v) is 8.89. The molecule has 1 amide bonds. The highest BCUT2D eigenvalue weighted by Gasteiger charge is 2.69. The van der Waals surface area contributed by atoms with Crippen LogP contribution in [0.3, 0.4) is 0 Å². The number of sulfone groups is 1. The van der Waals surface area contributed by atoms with Crippen molar-refractivity contribution in [3.8, 4) is 11.5 Å². The van der Waals surface area contributed by atoms with Gasteiger partial charge in [0.25, 0.3) is 0 Å². The van der Waals surface area contributed by atoms with E-state index < -0.39 is 67.5 Å². The molecule has 0 unspecified atom stereocenters. The van der Waals surface area contributed by atoms with Crippen molar-refractivity contribution in [2.75, 3.05) is 6.54 Å². The number of nitrogens with zero attached hydrogens (tertiary/aromatic N) is 2. The van der Waals surface area contributed by atoms with Gasteiger partial charge in [-0.1, -0.05) is 11.6 Å². The van der Waals surface area contributed by atoms with Gasteiger partial charge in [0.05, 0.1) is 18.0 Å². The fraction of sp³-hybridized carbons (Fsp3) is 0.450. The number of aromatic hydroxyl groups is 2. The Morgan fingerprint density at radius 1 is 1.27 bits per heavy atom. The number of halogens is 1. The molecule has 33 heavy (non-hydrogen) atoms. The zero-order valence-corrected chi connectivity index (χ0v) is 19.0. The lowest BCUT2D eigenvalue weighted by atomic mass is 9.97. The topological polar surface area (TPSA) is 179 Å². The Hall–Kier alpha value is -2.99. The summed E-state index contributed by atoms with van der Waals surface area (Å²) < 4.78 is 23.5. The second kappa shape index (κ2) is 8.75. The van der Waals surface area contributed by atoms with Crippen LogP contribution in [0.25, 0.3) is 0 Å². The Morgan fingerprint density at radius 2 is 1.94 bits per heavy atom. The number of rotatable bonds is 9. The minimum Gasteiger partial charge on any atom is -0.504 e. The van der Waals surface area contributed by atoms with Gasteiger partial charge >= 0.3 is 5.97 Å². The van der Waals surface area contributed by atoms with E-state index in [1.807, 2.05) is 0 Å². The van der Waals surface area contributed by atoms with Gasteiger partial charge in [-0.3, -0.25) is 19.4 Å². The van der Waals surface area contributed by atoms with Crippen LogP contribution in [0.1, 0.15) is 43.0 Å². The van der Waals surface area contributed by atoms with Gasteiger partial charge in [0, 0.05) is 24.6 Å². The van der Waals surface area contributed by atoms with Crippen LogP contribution in [0.2, 0.25) is 5.02 Å². The maximum atomic E-state index is 12.8. The number of ketones is 2. The smallest absolute Gasteiger partial charge is 0.328 e. The van der Waals surface area contributed by atoms with Crippen LogP contribution in [0.4, 0.5) is 0 Å². The van der Waals surface area contributed by atoms with E-state index in [1.54, 1.807) is 0 Å². The molecule has 0 saturated carbocycles. The molecular weight excluding hydrogens is 480 g/mol. The fourth-order valence-corrected chi connectivity index (χ4v) is 6.46. The summed E-state index contributed by atoms with van der Waals surface area (Å²) in [6.07, 6.45) is 0.609. The minimum atomic E-state index is -4.05. The van der Waals surface area contributed by atoms with Gasteiger partial charge in [0.1, 0.15) is 10.1 Å². The van der Waals surface area contributed by atoms with Gasteiger partial charge in [0.2, 0.25) is 5.91 Å². The summed E-state index contributed by atoms with van der Waals surface area (Å²) in [7, 11) is -4.05. The molecule has 2 aliphatic rings. The number of carbonyl (C=O) groups is 4. The molecule has 3 rings (SSSR count). The van der Waals surface area contributed by atoms with E-state index >= 15 is 0 Å². The molecule has 1 aromatic rings. The molecule has 2 saturated heterocycles. The molecule has 2 aliphatic heterocycles. The molecule has 2 heterocycles. The predicted molar refractivity (Wildman–Crippen MR) is 115 cm³/mol. The first-order valence-corrected chi connectivity index (χ1v) is 11.8. The maximum Gasteiger partial charge on any atom is 0.328 e. The monoisotopic (exact) mass is 500 g/mol. The Kier molecular flexibility index (Phi) is 6.53. The molecule has 0 radical (unpaired) electrons. The summed E-state index contributed by atoms with van der Waals surface area (Å²) in [4.78, 5) is 52.4. The Morgan fingerprint density at radius 3 is 2.55 bits per heavy atom. The number of carbonyl (C=O) groups excluding carboxylic acids is 3. The Bertz CT molecular complexity index is 1180. The van der Waals surface area contributed by atoms with Gasteiger partial charge in [-0.25, -0.2) is 13.2 Å². The highest BCUT2D eigenvalue weighted by atomic mass is 35.5. The van der Waals surface area contributed by atoms with Crippen molar-refractivity contribution < 1.29 is 42.9 Å². The number of phenols is 2. The van der Waals surface area contributed by atoms with Crippen molar-refractivity contribution in [3.63, 3.8) is 0 Å². The van der Waals surface area contributed by atoms with Crippen LogP contribution in [0, 0.1) is 0 Å². The standard InChI is InChI=1S/C20H21ClN2O9S/c1-20(18(19(29)30)23-14(27)7-15(23)33(20,31)32)9-22-8-10(24)3-2-4-12(25)11-5-6-13(26)17(28)16(11)21/h5-6,9,15,18,26,28H,2-4,7-8H2,1H3,(H,29,30)/t15-,18+,20+/m1/s1. The average molecular weight is 501 g/mol. The van der Waals surface area contributed by atoms with E-state index in [1.165, 1.54) is 6.07 Å². The first-order chi connectivity index (χ1) is 15.3. The van der Waals surface area contributed by atoms with Crippen LogP contribution in [0.15, 0.2) is 17.1 Å². The lowest BCUT2D eigenvalue weighted by Gasteiger charge is -2.35. The normalized spacial score (nSPS) is 25.6. The molecule has 0 spiro atoms. The highest BCUT2D eigenvalue weighted by molar-refractivity contribution is 7.94. The lowest BCUT2D eigenvalue weighted by Crippen LogP contribution is -2.57. The van der Waals surface area contributed by atoms with Gasteiger partial charge in [-0.15, -0.1) is 0 Å². The number of hydrogen-bond acceptors (Lipinski definition) is 9. The van der Waals surface area contributed by atoms with Crippen LogP contribution in [0.5, 0.6) is 11.5 Å². The third-order valence-electron chi connectivity index (χ3n) is 5.84. The van der Waals surface area contributed by atoms with Crippen molar-refractivity contribution in [1.29, 1.82) is 0 Å². The number of β-lactam (4-membered cyclic amide) rings is 1. The molecule has 2 fully saturated rings. The Labute approximate surface area is 193 Å². The predicted octanol–water partition coefficient (Wildman–Crippen LogP) is 0.943. The van der Waals surface area contributed by atoms with Gasteiger partial charge in [-0.05, 0) is 25.5 Å². The van der Waals surface area contributed by atoms with E-state index in [9.17, 15) is 42.9 Å². The van der Waals surface area contributed by atoms with E-state index in [0.717, 1.165) is 24.1 Å². The molecule has 11 nitrogen and oxygen atoms in total. The number of benzene rings is 1. The number of carboxylic acid groups (broad SMARTS) is 1. The molecule has 13 heteroatoms. The quantitative estimate of drug-likeness (QED) is 0.192. The van der Waals surface area contributed by atoms with Gasteiger partial charge in [-0.2, -0.15) is 0 Å². The van der Waals surface area contributed by atoms with E-state index in [4.69, 9.17) is 11.6 Å². The van der Waals surface area contributed by atoms with Crippen molar-refractivity contribution in [2.45, 2.75) is 48.8 Å². The number of aliphatic carboxylic acids is 1. The summed E-state index contributed by atoms with van der Waals surface area (Å²) in [5.41, 5.74) is -0.00399. The zero-order valence-electron chi connectivity index (χ0n) is 17.4. The summed E-state index contributed by atoms with van der Waals surface area (Å²) in [5, 5.41) is 26.9. The summed E-state index contributed by atoms with van der Waals surface area (Å²) >= 11 is 5.84. The number of carboxylic acids is 1. The summed E-state index contributed by atoms with van der Waals surface area (Å²) in [5.74, 6) is -4.00. The largest absolute Gasteiger partial charge is 0.504 e. The minimum absolute atomic E-state index is 0.00399. The third kappa shape index (κ3) is 4.08. The number of aliphatic imine (C=N–C) groups is 1. The van der Waals surface area contributed by atoms with Crippen molar-refractivity contribution in [1.82, 2.24) is 4.90 Å². The van der Waals surface area contributed by atoms with Crippen LogP contribution in [-0.2, 0) is 24.2 Å². The highest BCUT2D eigenvalue weighted by Crippen LogP contribution is 2.45. The molecule has 3 atom stereocenters. The zero-order chi connectivity index (χ0) is 24.7. The molecule has 0 aromatic heterocycles. The van der Waals surface area contributed by atoms with Gasteiger partial charge < -0.3 is 20.2 Å². The average Bonchev–Trinajstić information content (AvgIpc) is 2.86. The molecule has 0 aliphatic carbocycles. The maximum absolute atomic E-state index is 12.8. The molecule has 3 N–H and O–H groups in total. The number of fused-ring (bicyclic) bond motifs is 1. The van der Waals surface area contributed by atoms with Crippen molar-refractivity contribution >= 4 is 51.1 Å². The number of hydrogen-bond donors (Lipinski definition) is 3. The molecule has 178 valence electrons.